The van der Waals surface area contributed by atoms with Crippen LogP contribution in [0.5, 0.6) is 0 Å². The normalized spacial score (nSPS) is 11.7. The van der Waals surface area contributed by atoms with E-state index in [1.807, 2.05) is 0 Å². The van der Waals surface area contributed by atoms with Crippen molar-refractivity contribution in [3.8, 4) is 0 Å². The Balaban J connectivity index is 2.32. The zero-order valence-electron chi connectivity index (χ0n) is 11.2. The molecule has 0 aliphatic rings. The summed E-state index contributed by atoms with van der Waals surface area (Å²) in [7, 11) is 1.58. The molecule has 20 heavy (non-hydrogen) atoms. The van der Waals surface area contributed by atoms with Crippen LogP contribution in [0.2, 0.25) is 0 Å². The Bertz CT molecular complexity index is 605. The molecule has 0 amide bonds. The van der Waals surface area contributed by atoms with Crippen molar-refractivity contribution in [2.24, 2.45) is 0 Å². The number of benzene rings is 1. The van der Waals surface area contributed by atoms with Crippen LogP contribution in [-0.2, 0) is 12.7 Å². The summed E-state index contributed by atoms with van der Waals surface area (Å²) in [5, 5.41) is 0. The molecule has 108 valence electrons. The van der Waals surface area contributed by atoms with Gasteiger partial charge < -0.3 is 15.1 Å². The number of alkyl halides is 3. The third-order valence-corrected chi connectivity index (χ3v) is 2.93. The molecule has 1 aromatic carbocycles. The molecule has 0 fully saturated rings. The first-order chi connectivity index (χ1) is 9.27. The van der Waals surface area contributed by atoms with Gasteiger partial charge in [-0.3, -0.25) is 0 Å². The fourth-order valence-corrected chi connectivity index (χ4v) is 2.00. The highest BCUT2D eigenvalue weighted by atomic mass is 19.4. The van der Waals surface area contributed by atoms with Crippen molar-refractivity contribution in [3.05, 3.63) is 47.4 Å². The third kappa shape index (κ3) is 3.07. The lowest BCUT2D eigenvalue weighted by atomic mass is 10.1. The zero-order valence-corrected chi connectivity index (χ0v) is 11.2. The monoisotopic (exact) mass is 284 g/mol. The second-order valence-electron chi connectivity index (χ2n) is 4.64. The van der Waals surface area contributed by atoms with E-state index in [-0.39, 0.29) is 17.9 Å². The number of aryl methyl sites for hydroxylation is 1. The molecule has 0 atom stereocenters. The molecule has 6 heteroatoms. The van der Waals surface area contributed by atoms with Crippen LogP contribution in [0.4, 0.5) is 24.5 Å². The molecule has 0 bridgehead atoms. The van der Waals surface area contributed by atoms with E-state index in [1.54, 1.807) is 26.1 Å². The van der Waals surface area contributed by atoms with Crippen LogP contribution in [0.25, 0.3) is 0 Å². The Hall–Kier alpha value is -2.11. The molecular formula is C14H15F3N2O. The summed E-state index contributed by atoms with van der Waals surface area (Å²) in [4.78, 5) is 1.49. The molecular weight excluding hydrogens is 269 g/mol. The lowest BCUT2D eigenvalue weighted by Crippen LogP contribution is -2.20. The van der Waals surface area contributed by atoms with E-state index in [9.17, 15) is 13.2 Å². The molecule has 0 unspecified atom stereocenters. The highest BCUT2D eigenvalue weighted by Gasteiger charge is 2.34. The number of halogens is 3. The molecule has 0 aliphatic heterocycles. The Labute approximate surface area is 114 Å². The van der Waals surface area contributed by atoms with Gasteiger partial charge in [-0.2, -0.15) is 13.2 Å². The minimum atomic E-state index is -4.45. The van der Waals surface area contributed by atoms with Gasteiger partial charge in [0.15, 0.2) is 0 Å². The number of hydrogen-bond donors (Lipinski definition) is 1. The Kier molecular flexibility index (Phi) is 3.65. The van der Waals surface area contributed by atoms with Crippen LogP contribution < -0.4 is 10.6 Å². The second-order valence-corrected chi connectivity index (χ2v) is 4.64. The second kappa shape index (κ2) is 5.11. The van der Waals surface area contributed by atoms with E-state index in [4.69, 9.17) is 10.2 Å². The minimum Gasteiger partial charge on any atom is -0.464 e. The topological polar surface area (TPSA) is 42.4 Å². The van der Waals surface area contributed by atoms with Gasteiger partial charge in [0.1, 0.15) is 11.5 Å². The average molecular weight is 284 g/mol. The predicted octanol–water partition coefficient (Wildman–Crippen LogP) is 3.83. The molecule has 2 rings (SSSR count). The first kappa shape index (κ1) is 14.3. The number of nitrogen functional groups attached to an aromatic ring is 1. The Morgan fingerprint density at radius 1 is 1.20 bits per heavy atom. The van der Waals surface area contributed by atoms with Gasteiger partial charge in [0.2, 0.25) is 0 Å². The number of nitrogens with zero attached hydrogens (tertiary/aromatic N) is 1. The van der Waals surface area contributed by atoms with Crippen LogP contribution in [0, 0.1) is 6.92 Å². The van der Waals surface area contributed by atoms with Crippen molar-refractivity contribution in [1.29, 1.82) is 0 Å². The Morgan fingerprint density at radius 3 is 2.45 bits per heavy atom. The van der Waals surface area contributed by atoms with Crippen molar-refractivity contribution in [2.45, 2.75) is 19.6 Å². The smallest absolute Gasteiger partial charge is 0.418 e. The summed E-state index contributed by atoms with van der Waals surface area (Å²) in [5.41, 5.74) is 4.85. The quantitative estimate of drug-likeness (QED) is 0.871. The van der Waals surface area contributed by atoms with E-state index in [0.717, 1.165) is 11.8 Å². The molecule has 0 saturated carbocycles. The van der Waals surface area contributed by atoms with Gasteiger partial charge >= 0.3 is 6.18 Å². The summed E-state index contributed by atoms with van der Waals surface area (Å²) in [5.74, 6) is 1.33. The summed E-state index contributed by atoms with van der Waals surface area (Å²) in [6.45, 7) is 2.04. The van der Waals surface area contributed by atoms with Gasteiger partial charge in [0.25, 0.3) is 0 Å². The van der Waals surface area contributed by atoms with E-state index in [0.29, 0.717) is 5.76 Å². The van der Waals surface area contributed by atoms with Gasteiger partial charge in [-0.25, -0.2) is 0 Å². The zero-order chi connectivity index (χ0) is 14.9. The number of anilines is 2. The highest BCUT2D eigenvalue weighted by Crippen LogP contribution is 2.37. The van der Waals surface area contributed by atoms with Crippen LogP contribution in [0.3, 0.4) is 0 Å². The molecule has 2 N–H and O–H groups in total. The summed E-state index contributed by atoms with van der Waals surface area (Å²) < 4.78 is 44.5. The summed E-state index contributed by atoms with van der Waals surface area (Å²) in [6.07, 6.45) is -4.45. The molecule has 3 nitrogen and oxygen atoms in total. The Morgan fingerprint density at radius 2 is 1.90 bits per heavy atom. The van der Waals surface area contributed by atoms with Crippen molar-refractivity contribution in [2.75, 3.05) is 17.7 Å². The van der Waals surface area contributed by atoms with E-state index >= 15 is 0 Å². The molecule has 0 saturated heterocycles. The van der Waals surface area contributed by atoms with Crippen LogP contribution >= 0.6 is 0 Å². The van der Waals surface area contributed by atoms with Crippen molar-refractivity contribution in [1.82, 2.24) is 0 Å². The first-order valence-corrected chi connectivity index (χ1v) is 6.00. The lowest BCUT2D eigenvalue weighted by Gasteiger charge is -2.23. The van der Waals surface area contributed by atoms with E-state index < -0.39 is 11.7 Å². The van der Waals surface area contributed by atoms with Gasteiger partial charge in [0.05, 0.1) is 12.1 Å². The van der Waals surface area contributed by atoms with Crippen LogP contribution in [0.15, 0.2) is 34.7 Å². The average Bonchev–Trinajstić information content (AvgIpc) is 2.73. The van der Waals surface area contributed by atoms with Crippen molar-refractivity contribution in [3.63, 3.8) is 0 Å². The fourth-order valence-electron chi connectivity index (χ4n) is 2.00. The molecule has 0 radical (unpaired) electrons. The predicted molar refractivity (Wildman–Crippen MR) is 71.4 cm³/mol. The maximum absolute atomic E-state index is 13.0. The molecule has 1 aromatic heterocycles. The molecule has 0 aliphatic carbocycles. The highest BCUT2D eigenvalue weighted by molar-refractivity contribution is 5.60. The largest absolute Gasteiger partial charge is 0.464 e. The van der Waals surface area contributed by atoms with Gasteiger partial charge in [-0.05, 0) is 37.3 Å². The first-order valence-electron chi connectivity index (χ1n) is 6.00. The molecule has 1 heterocycles. The fraction of sp³-hybridized carbons (Fsp3) is 0.286. The SMILES string of the molecule is Cc1ccc(CN(C)c2ccc(N)cc2C(F)(F)F)o1. The van der Waals surface area contributed by atoms with E-state index in [2.05, 4.69) is 0 Å². The number of nitrogens with two attached hydrogens (primary N) is 1. The van der Waals surface area contributed by atoms with Crippen molar-refractivity contribution < 1.29 is 17.6 Å². The maximum Gasteiger partial charge on any atom is 0.418 e. The maximum atomic E-state index is 13.0. The number of rotatable bonds is 3. The lowest BCUT2D eigenvalue weighted by molar-refractivity contribution is -0.137. The minimum absolute atomic E-state index is 0.0701. The third-order valence-electron chi connectivity index (χ3n) is 2.93. The number of furan rings is 1. The van der Waals surface area contributed by atoms with Gasteiger partial charge in [-0.1, -0.05) is 0 Å². The van der Waals surface area contributed by atoms with Crippen LogP contribution in [-0.4, -0.2) is 7.05 Å². The standard InChI is InChI=1S/C14H15F3N2O/c1-9-3-5-11(20-9)8-19(2)13-6-4-10(18)7-12(13)14(15,16)17/h3-7H,8,18H2,1-2H3. The summed E-state index contributed by atoms with van der Waals surface area (Å²) in [6, 6.07) is 7.29. The van der Waals surface area contributed by atoms with Gasteiger partial charge in [0, 0.05) is 18.4 Å². The molecule has 2 aromatic rings. The van der Waals surface area contributed by atoms with Crippen molar-refractivity contribution >= 4 is 11.4 Å². The van der Waals surface area contributed by atoms with Gasteiger partial charge in [-0.15, -0.1) is 0 Å². The van der Waals surface area contributed by atoms with Crippen LogP contribution in [0.1, 0.15) is 17.1 Å². The van der Waals surface area contributed by atoms with E-state index in [1.165, 1.54) is 17.0 Å². The number of hydrogen-bond acceptors (Lipinski definition) is 3. The summed E-state index contributed by atoms with van der Waals surface area (Å²) >= 11 is 0. The molecule has 0 spiro atoms.